The minimum absolute atomic E-state index is 0.213. The Morgan fingerprint density at radius 1 is 0.889 bits per heavy atom. The Labute approximate surface area is 105 Å². The van der Waals surface area contributed by atoms with Crippen LogP contribution in [-0.2, 0) is 9.84 Å². The van der Waals surface area contributed by atoms with Gasteiger partial charge in [-0.15, -0.1) is 0 Å². The summed E-state index contributed by atoms with van der Waals surface area (Å²) in [4.78, 5) is -0.432. The Morgan fingerprint density at radius 2 is 1.50 bits per heavy atom. The quantitative estimate of drug-likeness (QED) is 0.872. The summed E-state index contributed by atoms with van der Waals surface area (Å²) in [6.07, 6.45) is 0. The molecule has 0 aliphatic carbocycles. The highest BCUT2D eigenvalue weighted by molar-refractivity contribution is 7.91. The van der Waals surface area contributed by atoms with Crippen molar-refractivity contribution in [3.8, 4) is 11.5 Å². The predicted molar refractivity (Wildman–Crippen MR) is 66.4 cm³/mol. The van der Waals surface area contributed by atoms with Gasteiger partial charge in [-0.2, -0.15) is 0 Å². The second-order valence-corrected chi connectivity index (χ2v) is 5.83. The van der Waals surface area contributed by atoms with Crippen LogP contribution in [-0.4, -0.2) is 18.6 Å². The van der Waals surface area contributed by atoms with Crippen molar-refractivity contribution in [2.24, 2.45) is 0 Å². The summed E-state index contributed by atoms with van der Waals surface area (Å²) in [7, 11) is -3.92. The van der Waals surface area contributed by atoms with Gasteiger partial charge in [0.1, 0.15) is 21.3 Å². The number of hydrogen-bond donors (Lipinski definition) is 2. The Hall–Kier alpha value is -2.01. The molecule has 5 heteroatoms. The van der Waals surface area contributed by atoms with Crippen molar-refractivity contribution in [3.63, 3.8) is 0 Å². The fourth-order valence-corrected chi connectivity index (χ4v) is 3.08. The highest BCUT2D eigenvalue weighted by Crippen LogP contribution is 2.33. The van der Waals surface area contributed by atoms with Crippen LogP contribution >= 0.6 is 0 Å². The lowest BCUT2D eigenvalue weighted by molar-refractivity contribution is 0.452. The predicted octanol–water partition coefficient (Wildman–Crippen LogP) is 2.24. The summed E-state index contributed by atoms with van der Waals surface area (Å²) in [5, 5.41) is 19.3. The fourth-order valence-electron chi connectivity index (χ4n) is 1.66. The maximum Gasteiger partial charge on any atom is 0.213 e. The molecule has 0 heterocycles. The Balaban J connectivity index is 2.66. The first kappa shape index (κ1) is 12.4. The van der Waals surface area contributed by atoms with E-state index in [0.717, 1.165) is 5.56 Å². The molecule has 2 N–H and O–H groups in total. The standard InChI is InChI=1S/C13H12O4S/c1-9-6-7-13(11(15)8-9)18(16,17)12-5-3-2-4-10(12)14/h2-8,14-15H,1H3. The Kier molecular flexibility index (Phi) is 3.00. The summed E-state index contributed by atoms with van der Waals surface area (Å²) in [5.41, 5.74) is 0.753. The third-order valence-corrected chi connectivity index (χ3v) is 4.41. The average Bonchev–Trinajstić information content (AvgIpc) is 2.28. The van der Waals surface area contributed by atoms with E-state index in [-0.39, 0.29) is 21.3 Å². The van der Waals surface area contributed by atoms with Crippen LogP contribution < -0.4 is 0 Å². The van der Waals surface area contributed by atoms with E-state index < -0.39 is 9.84 Å². The van der Waals surface area contributed by atoms with E-state index in [4.69, 9.17) is 0 Å². The van der Waals surface area contributed by atoms with Crippen LogP contribution in [0.2, 0.25) is 0 Å². The van der Waals surface area contributed by atoms with Crippen LogP contribution in [0, 0.1) is 6.92 Å². The van der Waals surface area contributed by atoms with Crippen molar-refractivity contribution in [2.45, 2.75) is 16.7 Å². The number of benzene rings is 2. The lowest BCUT2D eigenvalue weighted by atomic mass is 10.2. The number of rotatable bonds is 2. The van der Waals surface area contributed by atoms with Crippen LogP contribution in [0.1, 0.15) is 5.56 Å². The van der Waals surface area contributed by atoms with Gasteiger partial charge in [0.15, 0.2) is 0 Å². The first-order valence-corrected chi connectivity index (χ1v) is 6.74. The molecule has 0 aliphatic rings. The van der Waals surface area contributed by atoms with E-state index in [1.54, 1.807) is 13.0 Å². The molecule has 0 aliphatic heterocycles. The van der Waals surface area contributed by atoms with Crippen molar-refractivity contribution in [3.05, 3.63) is 48.0 Å². The van der Waals surface area contributed by atoms with Gasteiger partial charge in [-0.3, -0.25) is 0 Å². The molecule has 2 aromatic rings. The van der Waals surface area contributed by atoms with Crippen LogP contribution in [0.5, 0.6) is 11.5 Å². The molecule has 2 aromatic carbocycles. The highest BCUT2D eigenvalue weighted by Gasteiger charge is 2.24. The maximum absolute atomic E-state index is 12.3. The van der Waals surface area contributed by atoms with E-state index in [2.05, 4.69) is 0 Å². The fraction of sp³-hybridized carbons (Fsp3) is 0.0769. The van der Waals surface area contributed by atoms with Crippen LogP contribution in [0.15, 0.2) is 52.3 Å². The van der Waals surface area contributed by atoms with Gasteiger partial charge < -0.3 is 10.2 Å². The molecule has 0 aromatic heterocycles. The van der Waals surface area contributed by atoms with E-state index in [9.17, 15) is 18.6 Å². The number of sulfone groups is 1. The van der Waals surface area contributed by atoms with Gasteiger partial charge in [-0.1, -0.05) is 18.2 Å². The molecule has 0 unspecified atom stereocenters. The molecule has 0 atom stereocenters. The minimum atomic E-state index is -3.92. The van der Waals surface area contributed by atoms with Crippen molar-refractivity contribution < 1.29 is 18.6 Å². The van der Waals surface area contributed by atoms with Gasteiger partial charge in [0.25, 0.3) is 0 Å². The molecule has 2 rings (SSSR count). The molecule has 0 radical (unpaired) electrons. The van der Waals surface area contributed by atoms with Crippen molar-refractivity contribution in [1.82, 2.24) is 0 Å². The smallest absolute Gasteiger partial charge is 0.213 e. The lowest BCUT2D eigenvalue weighted by Gasteiger charge is -2.08. The second kappa shape index (κ2) is 4.34. The second-order valence-electron chi connectivity index (χ2n) is 3.94. The summed E-state index contributed by atoms with van der Waals surface area (Å²) >= 11 is 0. The number of para-hydroxylation sites is 1. The van der Waals surface area contributed by atoms with E-state index in [0.29, 0.717) is 0 Å². The minimum Gasteiger partial charge on any atom is -0.507 e. The molecule has 0 spiro atoms. The maximum atomic E-state index is 12.3. The summed E-state index contributed by atoms with van der Waals surface area (Å²) in [6, 6.07) is 9.91. The lowest BCUT2D eigenvalue weighted by Crippen LogP contribution is -2.02. The van der Waals surface area contributed by atoms with Crippen LogP contribution in [0.3, 0.4) is 0 Å². The van der Waals surface area contributed by atoms with Crippen molar-refractivity contribution >= 4 is 9.84 Å². The third kappa shape index (κ3) is 2.04. The number of aryl methyl sites for hydroxylation is 1. The topological polar surface area (TPSA) is 74.6 Å². The zero-order valence-corrected chi connectivity index (χ0v) is 10.5. The summed E-state index contributed by atoms with van der Waals surface area (Å²) in [5.74, 6) is -0.657. The van der Waals surface area contributed by atoms with Gasteiger partial charge in [-0.05, 0) is 36.8 Å². The number of hydrogen-bond acceptors (Lipinski definition) is 4. The molecule has 0 saturated heterocycles. The van der Waals surface area contributed by atoms with Gasteiger partial charge in [0.2, 0.25) is 9.84 Å². The van der Waals surface area contributed by atoms with Crippen LogP contribution in [0.4, 0.5) is 0 Å². The number of aromatic hydroxyl groups is 2. The molecule has 94 valence electrons. The molecule has 0 saturated carbocycles. The zero-order chi connectivity index (χ0) is 13.3. The Morgan fingerprint density at radius 3 is 2.11 bits per heavy atom. The van der Waals surface area contributed by atoms with E-state index >= 15 is 0 Å². The average molecular weight is 264 g/mol. The third-order valence-electron chi connectivity index (χ3n) is 2.56. The molecule has 0 amide bonds. The molecule has 0 bridgehead atoms. The Bertz CT molecular complexity index is 690. The highest BCUT2D eigenvalue weighted by atomic mass is 32.2. The molecule has 18 heavy (non-hydrogen) atoms. The number of phenolic OH excluding ortho intramolecular Hbond substituents is 2. The molecular formula is C13H12O4S. The van der Waals surface area contributed by atoms with Gasteiger partial charge in [0, 0.05) is 0 Å². The van der Waals surface area contributed by atoms with Crippen molar-refractivity contribution in [1.29, 1.82) is 0 Å². The SMILES string of the molecule is Cc1ccc(S(=O)(=O)c2ccccc2O)c(O)c1. The first-order valence-electron chi connectivity index (χ1n) is 5.25. The van der Waals surface area contributed by atoms with Gasteiger partial charge in [0.05, 0.1) is 0 Å². The molecular weight excluding hydrogens is 252 g/mol. The zero-order valence-electron chi connectivity index (χ0n) is 9.66. The van der Waals surface area contributed by atoms with Gasteiger partial charge >= 0.3 is 0 Å². The largest absolute Gasteiger partial charge is 0.507 e. The van der Waals surface area contributed by atoms with Gasteiger partial charge in [-0.25, -0.2) is 8.42 Å². The summed E-state index contributed by atoms with van der Waals surface area (Å²) < 4.78 is 24.5. The molecule has 0 fully saturated rings. The first-order chi connectivity index (χ1) is 8.43. The summed E-state index contributed by atoms with van der Waals surface area (Å²) in [6.45, 7) is 1.75. The number of phenols is 2. The van der Waals surface area contributed by atoms with Crippen molar-refractivity contribution in [2.75, 3.05) is 0 Å². The van der Waals surface area contributed by atoms with E-state index in [1.807, 2.05) is 0 Å². The monoisotopic (exact) mass is 264 g/mol. The normalized spacial score (nSPS) is 11.4. The van der Waals surface area contributed by atoms with E-state index in [1.165, 1.54) is 36.4 Å². The molecule has 4 nitrogen and oxygen atoms in total. The van der Waals surface area contributed by atoms with Crippen LogP contribution in [0.25, 0.3) is 0 Å².